The summed E-state index contributed by atoms with van der Waals surface area (Å²) in [5, 5.41) is 0. The van der Waals surface area contributed by atoms with Crippen LogP contribution < -0.4 is 10.4 Å². The maximum atomic E-state index is 2.40. The average Bonchev–Trinajstić information content (AvgIpc) is 2.59. The first kappa shape index (κ1) is 14.2. The van der Waals surface area contributed by atoms with Gasteiger partial charge in [0, 0.05) is 23.5 Å². The van der Waals surface area contributed by atoms with Crippen LogP contribution in [-0.2, 0) is 6.42 Å². The average molecular weight is 295 g/mol. The maximum absolute atomic E-state index is 2.40. The lowest BCUT2D eigenvalue weighted by molar-refractivity contribution is 1.08. The summed E-state index contributed by atoms with van der Waals surface area (Å²) in [6.45, 7) is 2.17. The molecule has 0 radical (unpaired) electrons. The quantitative estimate of drug-likeness (QED) is 0.514. The van der Waals surface area contributed by atoms with Gasteiger partial charge in [0.2, 0.25) is 0 Å². The number of benzene rings is 3. The monoisotopic (exact) mass is 295 g/mol. The molecule has 3 heteroatoms. The zero-order chi connectivity index (χ0) is 15.8. The fourth-order valence-electron chi connectivity index (χ4n) is 3.48. The Morgan fingerprint density at radius 3 is 2.30 bits per heavy atom. The van der Waals surface area contributed by atoms with Crippen LogP contribution in [-0.4, -0.2) is 14.9 Å². The van der Waals surface area contributed by atoms with Crippen LogP contribution >= 0.6 is 0 Å². The van der Waals surface area contributed by atoms with E-state index in [1.54, 1.807) is 0 Å². The van der Waals surface area contributed by atoms with E-state index in [2.05, 4.69) is 86.3 Å². The van der Waals surface area contributed by atoms with Crippen molar-refractivity contribution in [1.82, 2.24) is 0 Å². The molecule has 0 amide bonds. The third-order valence-corrected chi connectivity index (χ3v) is 4.66. The molecule has 1 nitrogen and oxygen atoms in total. The second-order valence-electron chi connectivity index (χ2n) is 6.30. The summed E-state index contributed by atoms with van der Waals surface area (Å²) < 4.78 is 0. The first-order chi connectivity index (χ1) is 11.3. The highest BCUT2D eigenvalue weighted by atomic mass is 15.2. The normalized spacial score (nSPS) is 12.5. The molecule has 3 aromatic carbocycles. The third kappa shape index (κ3) is 2.46. The molecule has 4 rings (SSSR count). The number of fused-ring (bicyclic) bond motifs is 2. The Morgan fingerprint density at radius 1 is 0.870 bits per heavy atom. The number of hydrogen-bond acceptors (Lipinski definition) is 1. The molecule has 23 heavy (non-hydrogen) atoms. The molecule has 0 fully saturated rings. The zero-order valence-electron chi connectivity index (χ0n) is 13.7. The molecule has 0 atom stereocenters. The van der Waals surface area contributed by atoms with Gasteiger partial charge in [0.15, 0.2) is 0 Å². The van der Waals surface area contributed by atoms with E-state index in [-0.39, 0.29) is 0 Å². The van der Waals surface area contributed by atoms with Crippen molar-refractivity contribution in [1.29, 1.82) is 0 Å². The van der Waals surface area contributed by atoms with E-state index in [4.69, 9.17) is 0 Å². The summed E-state index contributed by atoms with van der Waals surface area (Å²) >= 11 is 0. The zero-order valence-corrected chi connectivity index (χ0v) is 13.7. The van der Waals surface area contributed by atoms with Crippen molar-refractivity contribution in [3.05, 3.63) is 83.4 Å². The van der Waals surface area contributed by atoms with Gasteiger partial charge in [-0.3, -0.25) is 0 Å². The topological polar surface area (TPSA) is 3.24 Å². The van der Waals surface area contributed by atoms with E-state index in [1.807, 2.05) is 0 Å². The summed E-state index contributed by atoms with van der Waals surface area (Å²) in [7, 11) is 3.30. The van der Waals surface area contributed by atoms with Gasteiger partial charge in [-0.2, -0.15) is 0 Å². The van der Waals surface area contributed by atoms with Crippen molar-refractivity contribution in [3.63, 3.8) is 0 Å². The van der Waals surface area contributed by atoms with Gasteiger partial charge in [-0.25, -0.2) is 0 Å². The van der Waals surface area contributed by atoms with E-state index in [0.717, 1.165) is 13.6 Å². The summed E-state index contributed by atoms with van der Waals surface area (Å²) in [6, 6.07) is 24.4. The minimum atomic E-state index is 1.02. The van der Waals surface area contributed by atoms with Crippen LogP contribution in [0.1, 0.15) is 16.7 Å². The predicted molar refractivity (Wildman–Crippen MR) is 104 cm³/mol. The van der Waals surface area contributed by atoms with Gasteiger partial charge in [-0.15, -0.1) is 0 Å². The van der Waals surface area contributed by atoms with Crippen molar-refractivity contribution in [3.8, 4) is 0 Å². The Balaban J connectivity index is 1.94. The summed E-state index contributed by atoms with van der Waals surface area (Å²) in [5.74, 6) is 0. The van der Waals surface area contributed by atoms with Crippen LogP contribution in [0, 0.1) is 6.92 Å². The lowest BCUT2D eigenvalue weighted by Gasteiger charge is -2.34. The molecule has 1 aliphatic heterocycles. The molecule has 0 N–H and O–H groups in total. The van der Waals surface area contributed by atoms with Gasteiger partial charge in [0.25, 0.3) is 0 Å². The molecule has 1 aliphatic rings. The molecule has 0 aromatic heterocycles. The van der Waals surface area contributed by atoms with Crippen molar-refractivity contribution >= 4 is 37.4 Å². The molecule has 3 aromatic rings. The Morgan fingerprint density at radius 2 is 1.57 bits per heavy atom. The van der Waals surface area contributed by atoms with E-state index >= 15 is 0 Å². The fourth-order valence-corrected chi connectivity index (χ4v) is 3.48. The van der Waals surface area contributed by atoms with Gasteiger partial charge < -0.3 is 4.90 Å². The predicted octanol–water partition coefficient (Wildman–Crippen LogP) is 2.98. The van der Waals surface area contributed by atoms with Crippen LogP contribution in [0.5, 0.6) is 0 Å². The molecule has 0 unspecified atom stereocenters. The lowest BCUT2D eigenvalue weighted by atomic mass is 9.51. The van der Waals surface area contributed by atoms with E-state index in [1.165, 1.54) is 39.2 Å². The second-order valence-corrected chi connectivity index (χ2v) is 6.30. The highest BCUT2D eigenvalue weighted by molar-refractivity contribution is 6.97. The first-order valence-corrected chi connectivity index (χ1v) is 8.33. The molecular weight excluding hydrogens is 276 g/mol. The van der Waals surface area contributed by atoms with E-state index in [0.29, 0.717) is 0 Å². The SMILES string of the molecule is BBc1ccc2c(c1)Cc1cc(C)ccc1N2c1ccccc1. The van der Waals surface area contributed by atoms with Crippen LogP contribution in [0.25, 0.3) is 0 Å². The molecular formula is C20H19B2N. The number of anilines is 3. The molecule has 0 aliphatic carbocycles. The van der Waals surface area contributed by atoms with Gasteiger partial charge in [0.05, 0.1) is 7.74 Å². The molecule has 0 spiro atoms. The van der Waals surface area contributed by atoms with Crippen molar-refractivity contribution in [2.45, 2.75) is 13.3 Å². The second kappa shape index (κ2) is 5.66. The van der Waals surface area contributed by atoms with Crippen molar-refractivity contribution in [2.75, 3.05) is 4.90 Å². The van der Waals surface area contributed by atoms with Crippen molar-refractivity contribution in [2.24, 2.45) is 0 Å². The lowest BCUT2D eigenvalue weighted by Crippen LogP contribution is -2.22. The van der Waals surface area contributed by atoms with Crippen LogP contribution in [0.2, 0.25) is 0 Å². The fraction of sp³-hybridized carbons (Fsp3) is 0.100. The number of para-hydroxylation sites is 1. The number of rotatable bonds is 2. The molecule has 110 valence electrons. The van der Waals surface area contributed by atoms with Gasteiger partial charge in [-0.05, 0) is 42.3 Å². The number of nitrogens with zero attached hydrogens (tertiary/aromatic N) is 1. The standard InChI is InChI=1S/C20H19B2N/c1-14-7-9-19-15(11-14)12-16-13-17(22-21)8-10-20(16)23(19)18-5-3-2-4-6-18/h2-11,13,22H,12,21H2,1H3. The van der Waals surface area contributed by atoms with Crippen molar-refractivity contribution < 1.29 is 0 Å². The molecule has 0 saturated carbocycles. The summed E-state index contributed by atoms with van der Waals surface area (Å²) in [4.78, 5) is 2.40. The highest BCUT2D eigenvalue weighted by Gasteiger charge is 2.23. The Kier molecular flexibility index (Phi) is 3.49. The molecule has 1 heterocycles. The first-order valence-electron chi connectivity index (χ1n) is 8.33. The highest BCUT2D eigenvalue weighted by Crippen LogP contribution is 2.43. The molecule has 0 bridgehead atoms. The van der Waals surface area contributed by atoms with Crippen LogP contribution in [0.4, 0.5) is 17.1 Å². The summed E-state index contributed by atoms with van der Waals surface area (Å²) in [5.41, 5.74) is 9.41. The Bertz CT molecular complexity index is 859. The molecule has 0 saturated heterocycles. The van der Waals surface area contributed by atoms with E-state index < -0.39 is 0 Å². The van der Waals surface area contributed by atoms with Crippen LogP contribution in [0.15, 0.2) is 66.7 Å². The maximum Gasteiger partial charge on any atom is 0.118 e. The number of hydrogen-bond donors (Lipinski definition) is 0. The van der Waals surface area contributed by atoms with Gasteiger partial charge >= 0.3 is 0 Å². The van der Waals surface area contributed by atoms with E-state index in [9.17, 15) is 0 Å². The Labute approximate surface area is 139 Å². The van der Waals surface area contributed by atoms with Crippen LogP contribution in [0.3, 0.4) is 0 Å². The largest absolute Gasteiger partial charge is 0.310 e. The third-order valence-electron chi connectivity index (χ3n) is 4.66. The minimum absolute atomic E-state index is 1.02. The van der Waals surface area contributed by atoms with Gasteiger partial charge in [0.1, 0.15) is 7.17 Å². The minimum Gasteiger partial charge on any atom is -0.310 e. The summed E-state index contributed by atoms with van der Waals surface area (Å²) in [6.07, 6.45) is 1.02. The Hall–Kier alpha value is -2.41. The number of aryl methyl sites for hydroxylation is 1. The smallest absolute Gasteiger partial charge is 0.118 e. The van der Waals surface area contributed by atoms with Gasteiger partial charge in [-0.1, -0.05) is 53.5 Å².